The van der Waals surface area contributed by atoms with Crippen LogP contribution < -0.4 is 11.1 Å². The number of aromatic nitrogens is 2. The van der Waals surface area contributed by atoms with Crippen molar-refractivity contribution in [3.63, 3.8) is 0 Å². The van der Waals surface area contributed by atoms with Crippen LogP contribution in [-0.2, 0) is 4.74 Å². The number of hydrogen-bond donors (Lipinski definition) is 2. The fraction of sp³-hybridized carbons (Fsp3) is 0.429. The molecule has 0 bridgehead atoms. The Labute approximate surface area is 185 Å². The van der Waals surface area contributed by atoms with Crippen LogP contribution in [0.5, 0.6) is 0 Å². The molecular weight excluding hydrogens is 417 g/mol. The third kappa shape index (κ3) is 5.53. The molecule has 1 saturated heterocycles. The average Bonchev–Trinajstić information content (AvgIpc) is 3.18. The van der Waals surface area contributed by atoms with Gasteiger partial charge in [-0.25, -0.2) is 9.18 Å². The number of benzene rings is 1. The Balaban J connectivity index is 1.80. The zero-order valence-corrected chi connectivity index (χ0v) is 18.0. The first-order chi connectivity index (χ1) is 15.3. The van der Waals surface area contributed by atoms with Crippen molar-refractivity contribution < 1.29 is 18.7 Å². The van der Waals surface area contributed by atoms with E-state index in [0.717, 1.165) is 0 Å². The van der Waals surface area contributed by atoms with Gasteiger partial charge >= 0.3 is 6.09 Å². The Hall–Kier alpha value is -3.65. The van der Waals surface area contributed by atoms with E-state index in [-0.39, 0.29) is 24.5 Å². The number of likely N-dealkylation sites (tertiary alicyclic amines) is 1. The number of nitrogens with two attached hydrogens (primary N) is 1. The molecule has 1 aliphatic rings. The van der Waals surface area contributed by atoms with Crippen LogP contribution in [0, 0.1) is 23.1 Å². The topological polar surface area (TPSA) is 130 Å². The van der Waals surface area contributed by atoms with Gasteiger partial charge in [-0.3, -0.25) is 9.48 Å². The lowest BCUT2D eigenvalue weighted by atomic mass is 9.93. The van der Waals surface area contributed by atoms with Crippen molar-refractivity contribution >= 4 is 23.5 Å². The Morgan fingerprint density at radius 2 is 2.09 bits per heavy atom. The van der Waals surface area contributed by atoms with Gasteiger partial charge in [0.2, 0.25) is 0 Å². The number of likely N-dealkylation sites (N-methyl/N-ethyl adjacent to an activating group) is 1. The molecule has 1 fully saturated rings. The zero-order chi connectivity index (χ0) is 23.3. The van der Waals surface area contributed by atoms with Crippen molar-refractivity contribution in [2.75, 3.05) is 45.7 Å². The van der Waals surface area contributed by atoms with Crippen LogP contribution in [0.3, 0.4) is 0 Å². The standard InChI is InChI=1S/C21H26FN7O3/c1-27(2)9-10-32-21(31)28-8-7-14(11-23)18(13-28)29-12-17(19(24)30)20(26-29)25-16-5-3-15(22)4-6-16/h3-6,12,14,18H,7-10,13H2,1-2H3,(H2,24,30)(H,25,26)/t14?,18-/m1/s1. The maximum Gasteiger partial charge on any atom is 0.409 e. The van der Waals surface area contributed by atoms with Crippen LogP contribution in [0.1, 0.15) is 22.8 Å². The fourth-order valence-electron chi connectivity index (χ4n) is 3.43. The Morgan fingerprint density at radius 1 is 1.38 bits per heavy atom. The first-order valence-electron chi connectivity index (χ1n) is 10.2. The zero-order valence-electron chi connectivity index (χ0n) is 18.0. The molecule has 2 heterocycles. The summed E-state index contributed by atoms with van der Waals surface area (Å²) in [5, 5.41) is 17.0. The number of rotatable bonds is 7. The van der Waals surface area contributed by atoms with Gasteiger partial charge in [0, 0.05) is 31.5 Å². The molecule has 10 nitrogen and oxygen atoms in total. The molecule has 1 aromatic heterocycles. The van der Waals surface area contributed by atoms with Gasteiger partial charge in [-0.1, -0.05) is 0 Å². The lowest BCUT2D eigenvalue weighted by molar-refractivity contribution is 0.0721. The Bertz CT molecular complexity index is 1000. The molecule has 32 heavy (non-hydrogen) atoms. The van der Waals surface area contributed by atoms with Crippen molar-refractivity contribution in [1.82, 2.24) is 19.6 Å². The predicted octanol–water partition coefficient (Wildman–Crippen LogP) is 1.95. The summed E-state index contributed by atoms with van der Waals surface area (Å²) in [5.41, 5.74) is 6.15. The largest absolute Gasteiger partial charge is 0.448 e. The minimum atomic E-state index is -0.704. The molecule has 1 aliphatic heterocycles. The van der Waals surface area contributed by atoms with E-state index in [1.165, 1.54) is 40.0 Å². The molecule has 1 unspecified atom stereocenters. The number of halogens is 1. The smallest absolute Gasteiger partial charge is 0.409 e. The summed E-state index contributed by atoms with van der Waals surface area (Å²) in [5.74, 6) is -1.33. The molecule has 1 aromatic carbocycles. The highest BCUT2D eigenvalue weighted by molar-refractivity contribution is 5.98. The maximum absolute atomic E-state index is 13.2. The highest BCUT2D eigenvalue weighted by Gasteiger charge is 2.35. The number of hydrogen-bond acceptors (Lipinski definition) is 7. The average molecular weight is 443 g/mol. The number of ether oxygens (including phenoxy) is 1. The van der Waals surface area contributed by atoms with E-state index in [9.17, 15) is 19.2 Å². The van der Waals surface area contributed by atoms with Crippen molar-refractivity contribution in [3.05, 3.63) is 41.8 Å². The van der Waals surface area contributed by atoms with Gasteiger partial charge in [0.25, 0.3) is 5.91 Å². The molecule has 3 rings (SSSR count). The van der Waals surface area contributed by atoms with Crippen LogP contribution in [-0.4, -0.2) is 71.9 Å². The first kappa shape index (κ1) is 23.0. The van der Waals surface area contributed by atoms with E-state index in [1.807, 2.05) is 19.0 Å². The van der Waals surface area contributed by atoms with Gasteiger partial charge < -0.3 is 25.6 Å². The maximum atomic E-state index is 13.2. The number of piperidine rings is 1. The van der Waals surface area contributed by atoms with Crippen LogP contribution in [0.2, 0.25) is 0 Å². The summed E-state index contributed by atoms with van der Waals surface area (Å²) in [6.07, 6.45) is 1.45. The molecule has 11 heteroatoms. The monoisotopic (exact) mass is 443 g/mol. The minimum absolute atomic E-state index is 0.122. The van der Waals surface area contributed by atoms with Gasteiger partial charge in [-0.15, -0.1) is 0 Å². The van der Waals surface area contributed by atoms with E-state index in [0.29, 0.717) is 25.2 Å². The number of primary amides is 1. The summed E-state index contributed by atoms with van der Waals surface area (Å²) >= 11 is 0. The summed E-state index contributed by atoms with van der Waals surface area (Å²) in [6, 6.07) is 7.32. The lowest BCUT2D eigenvalue weighted by Gasteiger charge is -2.35. The number of nitrogens with one attached hydrogen (secondary N) is 1. The van der Waals surface area contributed by atoms with Crippen LogP contribution in [0.25, 0.3) is 0 Å². The van der Waals surface area contributed by atoms with Gasteiger partial charge in [0.1, 0.15) is 18.0 Å². The third-order valence-electron chi connectivity index (χ3n) is 5.21. The lowest BCUT2D eigenvalue weighted by Crippen LogP contribution is -2.45. The van der Waals surface area contributed by atoms with Crippen LogP contribution in [0.4, 0.5) is 20.7 Å². The summed E-state index contributed by atoms with van der Waals surface area (Å²) in [6.45, 7) is 1.45. The van der Waals surface area contributed by atoms with Crippen LogP contribution in [0.15, 0.2) is 30.5 Å². The predicted molar refractivity (Wildman–Crippen MR) is 115 cm³/mol. The summed E-state index contributed by atoms with van der Waals surface area (Å²) < 4.78 is 20.0. The number of nitrogens with zero attached hydrogens (tertiary/aromatic N) is 5. The molecule has 2 aromatic rings. The SMILES string of the molecule is CN(C)CCOC(=O)N1CCC(C#N)[C@H](n2cc(C(N)=O)c(Nc3ccc(F)cc3)n2)C1. The van der Waals surface area contributed by atoms with Gasteiger partial charge in [0.05, 0.1) is 18.0 Å². The molecule has 0 saturated carbocycles. The molecule has 3 N–H and O–H groups in total. The number of nitriles is 1. The highest BCUT2D eigenvalue weighted by Crippen LogP contribution is 2.30. The van der Waals surface area contributed by atoms with Gasteiger partial charge in [0.15, 0.2) is 5.82 Å². The van der Waals surface area contributed by atoms with Crippen molar-refractivity contribution in [3.8, 4) is 6.07 Å². The molecular formula is C21H26FN7O3. The first-order valence-corrected chi connectivity index (χ1v) is 10.2. The second-order valence-corrected chi connectivity index (χ2v) is 7.82. The number of carbonyl (C=O) groups excluding carboxylic acids is 2. The van der Waals surface area contributed by atoms with E-state index < -0.39 is 29.8 Å². The Morgan fingerprint density at radius 3 is 2.72 bits per heavy atom. The molecule has 2 atom stereocenters. The molecule has 0 radical (unpaired) electrons. The van der Waals surface area contributed by atoms with E-state index in [4.69, 9.17) is 10.5 Å². The number of anilines is 2. The molecule has 0 spiro atoms. The molecule has 170 valence electrons. The van der Waals surface area contributed by atoms with E-state index >= 15 is 0 Å². The fourth-order valence-corrected chi connectivity index (χ4v) is 3.43. The Kier molecular flexibility index (Phi) is 7.27. The quantitative estimate of drug-likeness (QED) is 0.669. The van der Waals surface area contributed by atoms with Gasteiger partial charge in [-0.2, -0.15) is 10.4 Å². The second-order valence-electron chi connectivity index (χ2n) is 7.82. The minimum Gasteiger partial charge on any atom is -0.448 e. The van der Waals surface area contributed by atoms with Crippen molar-refractivity contribution in [1.29, 1.82) is 5.26 Å². The van der Waals surface area contributed by atoms with Crippen LogP contribution >= 0.6 is 0 Å². The van der Waals surface area contributed by atoms with E-state index in [1.54, 1.807) is 0 Å². The number of amides is 2. The van der Waals surface area contributed by atoms with Crippen molar-refractivity contribution in [2.24, 2.45) is 11.7 Å². The van der Waals surface area contributed by atoms with E-state index in [2.05, 4.69) is 16.5 Å². The highest BCUT2D eigenvalue weighted by atomic mass is 19.1. The van der Waals surface area contributed by atoms with Gasteiger partial charge in [-0.05, 0) is 44.8 Å². The third-order valence-corrected chi connectivity index (χ3v) is 5.21. The number of carbonyl (C=O) groups is 2. The normalized spacial score (nSPS) is 18.3. The summed E-state index contributed by atoms with van der Waals surface area (Å²) in [7, 11) is 3.77. The summed E-state index contributed by atoms with van der Waals surface area (Å²) in [4.78, 5) is 27.9. The van der Waals surface area contributed by atoms with Crippen molar-refractivity contribution in [2.45, 2.75) is 12.5 Å². The second kappa shape index (κ2) is 10.1. The molecule has 0 aliphatic carbocycles. The molecule has 2 amide bonds.